The van der Waals surface area contributed by atoms with E-state index in [1.807, 2.05) is 41.2 Å². The van der Waals surface area contributed by atoms with E-state index in [1.54, 1.807) is 6.20 Å². The number of rotatable bonds is 3. The van der Waals surface area contributed by atoms with Crippen molar-refractivity contribution >= 4 is 11.6 Å². The average Bonchev–Trinajstić information content (AvgIpc) is 3.20. The van der Waals surface area contributed by atoms with E-state index >= 15 is 0 Å². The maximum atomic E-state index is 12.4. The van der Waals surface area contributed by atoms with Crippen molar-refractivity contribution < 1.29 is 4.79 Å². The highest BCUT2D eigenvalue weighted by molar-refractivity contribution is 5.93. The van der Waals surface area contributed by atoms with Crippen molar-refractivity contribution in [2.75, 3.05) is 6.54 Å². The highest BCUT2D eigenvalue weighted by Gasteiger charge is 2.20. The van der Waals surface area contributed by atoms with Crippen LogP contribution in [0.25, 0.3) is 5.65 Å². The largest absolute Gasteiger partial charge is 0.350 e. The number of hydrogen-bond donors (Lipinski definition) is 1. The fourth-order valence-electron chi connectivity index (χ4n) is 3.06. The fourth-order valence-corrected chi connectivity index (χ4v) is 3.06. The van der Waals surface area contributed by atoms with E-state index in [0.717, 1.165) is 30.9 Å². The molecule has 0 aliphatic carbocycles. The molecule has 0 fully saturated rings. The van der Waals surface area contributed by atoms with E-state index in [4.69, 9.17) is 0 Å². The van der Waals surface area contributed by atoms with Gasteiger partial charge in [0.2, 0.25) is 0 Å². The molecule has 3 aromatic rings. The molecule has 0 radical (unpaired) electrons. The standard InChI is InChI=1S/C16H17N5O/c22-16(13-2-1-3-15-18-7-9-21(13)15)19-10-12-4-5-14-17-6-8-20(14)11-12/h1-3,6-9,12H,4-5,10-11H2,(H,19,22)/t12-/m1/s1. The number of aryl methyl sites for hydroxylation is 1. The molecule has 6 heteroatoms. The summed E-state index contributed by atoms with van der Waals surface area (Å²) in [5.41, 5.74) is 1.41. The van der Waals surface area contributed by atoms with Gasteiger partial charge in [0.25, 0.3) is 5.91 Å². The zero-order valence-electron chi connectivity index (χ0n) is 12.1. The first kappa shape index (κ1) is 13.1. The minimum absolute atomic E-state index is 0.0555. The highest BCUT2D eigenvalue weighted by Crippen LogP contribution is 2.18. The van der Waals surface area contributed by atoms with Crippen LogP contribution in [0.2, 0.25) is 0 Å². The first-order chi connectivity index (χ1) is 10.8. The van der Waals surface area contributed by atoms with Crippen molar-refractivity contribution in [3.8, 4) is 0 Å². The predicted molar refractivity (Wildman–Crippen MR) is 81.6 cm³/mol. The molecular weight excluding hydrogens is 278 g/mol. The Labute approximate surface area is 127 Å². The van der Waals surface area contributed by atoms with Crippen molar-refractivity contribution in [2.45, 2.75) is 19.4 Å². The molecule has 1 N–H and O–H groups in total. The van der Waals surface area contributed by atoms with Crippen LogP contribution in [0.1, 0.15) is 22.7 Å². The monoisotopic (exact) mass is 295 g/mol. The summed E-state index contributed by atoms with van der Waals surface area (Å²) in [6.45, 7) is 1.60. The Hall–Kier alpha value is -2.63. The van der Waals surface area contributed by atoms with Gasteiger partial charge < -0.3 is 9.88 Å². The molecule has 1 amide bonds. The number of pyridine rings is 1. The Morgan fingerprint density at radius 1 is 1.27 bits per heavy atom. The van der Waals surface area contributed by atoms with Crippen LogP contribution in [0.4, 0.5) is 0 Å². The van der Waals surface area contributed by atoms with Crippen molar-refractivity contribution in [1.82, 2.24) is 24.3 Å². The molecule has 0 saturated carbocycles. The van der Waals surface area contributed by atoms with Gasteiger partial charge in [0.15, 0.2) is 0 Å². The van der Waals surface area contributed by atoms with E-state index in [0.29, 0.717) is 18.2 Å². The number of hydrogen-bond acceptors (Lipinski definition) is 3. The zero-order chi connectivity index (χ0) is 14.9. The summed E-state index contributed by atoms with van der Waals surface area (Å²) < 4.78 is 3.99. The smallest absolute Gasteiger partial charge is 0.268 e. The molecule has 3 aromatic heterocycles. The Kier molecular flexibility index (Phi) is 3.14. The lowest BCUT2D eigenvalue weighted by Gasteiger charge is -2.24. The summed E-state index contributed by atoms with van der Waals surface area (Å²) in [7, 11) is 0. The van der Waals surface area contributed by atoms with Gasteiger partial charge in [0.05, 0.1) is 0 Å². The lowest BCUT2D eigenvalue weighted by molar-refractivity contribution is 0.0937. The fraction of sp³-hybridized carbons (Fsp3) is 0.312. The van der Waals surface area contributed by atoms with Gasteiger partial charge in [-0.05, 0) is 24.5 Å². The second-order valence-electron chi connectivity index (χ2n) is 5.68. The van der Waals surface area contributed by atoms with Gasteiger partial charge in [-0.1, -0.05) is 6.07 Å². The van der Waals surface area contributed by atoms with Crippen molar-refractivity contribution in [3.63, 3.8) is 0 Å². The van der Waals surface area contributed by atoms with Gasteiger partial charge >= 0.3 is 0 Å². The molecule has 0 aromatic carbocycles. The van der Waals surface area contributed by atoms with E-state index < -0.39 is 0 Å². The number of aromatic nitrogens is 4. The molecule has 4 rings (SSSR count). The maximum absolute atomic E-state index is 12.4. The lowest BCUT2D eigenvalue weighted by Crippen LogP contribution is -2.34. The molecule has 22 heavy (non-hydrogen) atoms. The minimum Gasteiger partial charge on any atom is -0.350 e. The number of imidazole rings is 2. The van der Waals surface area contributed by atoms with Crippen LogP contribution in [0, 0.1) is 5.92 Å². The van der Waals surface area contributed by atoms with Crippen LogP contribution in [0.5, 0.6) is 0 Å². The second-order valence-corrected chi connectivity index (χ2v) is 5.68. The van der Waals surface area contributed by atoms with E-state index in [1.165, 1.54) is 0 Å². The molecule has 6 nitrogen and oxygen atoms in total. The third-order valence-electron chi connectivity index (χ3n) is 4.25. The minimum atomic E-state index is -0.0555. The summed E-state index contributed by atoms with van der Waals surface area (Å²) >= 11 is 0. The van der Waals surface area contributed by atoms with Crippen LogP contribution in [0.15, 0.2) is 43.0 Å². The predicted octanol–water partition coefficient (Wildman–Crippen LogP) is 1.52. The van der Waals surface area contributed by atoms with Crippen molar-refractivity contribution in [3.05, 3.63) is 54.5 Å². The second kappa shape index (κ2) is 5.29. The maximum Gasteiger partial charge on any atom is 0.268 e. The zero-order valence-corrected chi connectivity index (χ0v) is 12.1. The number of carbonyl (C=O) groups is 1. The molecule has 0 bridgehead atoms. The van der Waals surface area contributed by atoms with E-state index in [2.05, 4.69) is 19.9 Å². The van der Waals surface area contributed by atoms with Crippen LogP contribution in [0.3, 0.4) is 0 Å². The normalized spacial score (nSPS) is 17.4. The van der Waals surface area contributed by atoms with Gasteiger partial charge in [-0.3, -0.25) is 9.20 Å². The number of amides is 1. The number of nitrogens with one attached hydrogen (secondary N) is 1. The molecule has 1 atom stereocenters. The van der Waals surface area contributed by atoms with E-state index in [9.17, 15) is 4.79 Å². The van der Waals surface area contributed by atoms with E-state index in [-0.39, 0.29) is 5.91 Å². The molecule has 1 aliphatic heterocycles. The summed E-state index contributed by atoms with van der Waals surface area (Å²) in [5.74, 6) is 1.54. The molecule has 112 valence electrons. The summed E-state index contributed by atoms with van der Waals surface area (Å²) in [5, 5.41) is 3.05. The van der Waals surface area contributed by atoms with Crippen LogP contribution in [-0.2, 0) is 13.0 Å². The first-order valence-electron chi connectivity index (χ1n) is 7.51. The van der Waals surface area contributed by atoms with Crippen LogP contribution in [-0.4, -0.2) is 31.4 Å². The first-order valence-corrected chi connectivity index (χ1v) is 7.51. The summed E-state index contributed by atoms with van der Waals surface area (Å²) in [4.78, 5) is 20.9. The van der Waals surface area contributed by atoms with Gasteiger partial charge in [0, 0.05) is 44.3 Å². The Morgan fingerprint density at radius 3 is 3.14 bits per heavy atom. The SMILES string of the molecule is O=C(NC[C@H]1CCc2nccn2C1)c1cccc2nccn12. The number of fused-ring (bicyclic) bond motifs is 2. The average molecular weight is 295 g/mol. The van der Waals surface area contributed by atoms with Crippen molar-refractivity contribution in [1.29, 1.82) is 0 Å². The molecule has 0 unspecified atom stereocenters. The Bertz CT molecular complexity index is 819. The molecule has 1 aliphatic rings. The van der Waals surface area contributed by atoms with Gasteiger partial charge in [-0.25, -0.2) is 9.97 Å². The topological polar surface area (TPSA) is 64.2 Å². The Balaban J connectivity index is 1.44. The Morgan fingerprint density at radius 2 is 2.18 bits per heavy atom. The van der Waals surface area contributed by atoms with Gasteiger partial charge in [-0.2, -0.15) is 0 Å². The van der Waals surface area contributed by atoms with Crippen LogP contribution < -0.4 is 5.32 Å². The summed E-state index contributed by atoms with van der Waals surface area (Å²) in [6.07, 6.45) is 9.40. The number of nitrogens with zero attached hydrogens (tertiary/aromatic N) is 4. The molecule has 0 saturated heterocycles. The van der Waals surface area contributed by atoms with Crippen LogP contribution >= 0.6 is 0 Å². The summed E-state index contributed by atoms with van der Waals surface area (Å²) in [6, 6.07) is 5.56. The van der Waals surface area contributed by atoms with Crippen molar-refractivity contribution in [2.24, 2.45) is 5.92 Å². The lowest BCUT2D eigenvalue weighted by atomic mass is 9.99. The van der Waals surface area contributed by atoms with Gasteiger partial charge in [-0.15, -0.1) is 0 Å². The molecular formula is C16H17N5O. The third kappa shape index (κ3) is 2.26. The molecule has 0 spiro atoms. The van der Waals surface area contributed by atoms with Gasteiger partial charge in [0.1, 0.15) is 17.2 Å². The molecule has 4 heterocycles. The third-order valence-corrected chi connectivity index (χ3v) is 4.25. The highest BCUT2D eigenvalue weighted by atomic mass is 16.1. The quantitative estimate of drug-likeness (QED) is 0.797. The number of carbonyl (C=O) groups excluding carboxylic acids is 1.